The number of ether oxygens (including phenoxy) is 1. The highest BCUT2D eigenvalue weighted by Gasteiger charge is 2.54. The molecule has 1 aromatic heterocycles. The topological polar surface area (TPSA) is 78.0 Å². The highest BCUT2D eigenvalue weighted by molar-refractivity contribution is 6.01. The van der Waals surface area contributed by atoms with E-state index in [0.29, 0.717) is 12.3 Å². The third-order valence-electron chi connectivity index (χ3n) is 6.10. The molecule has 0 bridgehead atoms. The number of nitrogens with one attached hydrogen (secondary N) is 1. The lowest BCUT2D eigenvalue weighted by atomic mass is 9.83. The molecule has 2 aromatic carbocycles. The third-order valence-corrected chi connectivity index (χ3v) is 6.10. The van der Waals surface area contributed by atoms with Crippen molar-refractivity contribution in [1.82, 2.24) is 14.9 Å². The highest BCUT2D eigenvalue weighted by Crippen LogP contribution is 2.41. The lowest BCUT2D eigenvalue weighted by molar-refractivity contribution is -0.165. The first-order valence-electron chi connectivity index (χ1n) is 9.93. The molecule has 0 saturated carbocycles. The lowest BCUT2D eigenvalue weighted by Gasteiger charge is -2.48. The Kier molecular flexibility index (Phi) is 4.13. The first kappa shape index (κ1) is 18.4. The van der Waals surface area contributed by atoms with Gasteiger partial charge in [0.25, 0.3) is 5.91 Å². The van der Waals surface area contributed by atoms with Crippen LogP contribution in [0.2, 0.25) is 0 Å². The quantitative estimate of drug-likeness (QED) is 0.684. The van der Waals surface area contributed by atoms with Crippen molar-refractivity contribution in [2.75, 3.05) is 20.2 Å². The molecule has 1 saturated heterocycles. The first-order valence-corrected chi connectivity index (χ1v) is 9.93. The third kappa shape index (κ3) is 2.62. The Morgan fingerprint density at radius 3 is 2.83 bits per heavy atom. The number of hydrazone groups is 1. The average Bonchev–Trinajstić information content (AvgIpc) is 3.16. The fourth-order valence-corrected chi connectivity index (χ4v) is 4.54. The van der Waals surface area contributed by atoms with Crippen LogP contribution in [0.5, 0.6) is 5.75 Å². The molecule has 7 nitrogen and oxygen atoms in total. The van der Waals surface area contributed by atoms with Crippen LogP contribution in [0.3, 0.4) is 0 Å². The number of carbonyl (C=O) groups excluding carboxylic acids is 2. The van der Waals surface area contributed by atoms with Crippen LogP contribution >= 0.6 is 0 Å². The number of H-pyrrole nitrogens is 1. The average molecular weight is 402 g/mol. The van der Waals surface area contributed by atoms with Crippen LogP contribution in [0.4, 0.5) is 0 Å². The highest BCUT2D eigenvalue weighted by atomic mass is 16.5. The van der Waals surface area contributed by atoms with Gasteiger partial charge >= 0.3 is 0 Å². The van der Waals surface area contributed by atoms with Crippen molar-refractivity contribution in [1.29, 1.82) is 0 Å². The molecule has 30 heavy (non-hydrogen) atoms. The van der Waals surface area contributed by atoms with Crippen LogP contribution in [0.1, 0.15) is 23.7 Å². The smallest absolute Gasteiger partial charge is 0.275 e. The predicted molar refractivity (Wildman–Crippen MR) is 113 cm³/mol. The van der Waals surface area contributed by atoms with Gasteiger partial charge in [0.15, 0.2) is 5.54 Å². The van der Waals surface area contributed by atoms with Crippen LogP contribution in [0.25, 0.3) is 10.9 Å². The predicted octanol–water partition coefficient (Wildman–Crippen LogP) is 2.65. The number of benzene rings is 2. The molecule has 1 N–H and O–H groups in total. The Labute approximate surface area is 173 Å². The maximum Gasteiger partial charge on any atom is 0.275 e. The van der Waals surface area contributed by atoms with Crippen LogP contribution < -0.4 is 4.74 Å². The van der Waals surface area contributed by atoms with E-state index in [0.717, 1.165) is 34.1 Å². The standard InChI is InChI=1S/C23H22N4O3/c1-23-21-18(17-8-3-4-9-19(17)25-21)10-11-26(23)20(28)14-27(22(23)29)24-13-15-6-5-7-16(12-15)30-2/h3-9,12-13,25H,10-11,14H2,1-2H3. The van der Waals surface area contributed by atoms with Gasteiger partial charge < -0.3 is 14.6 Å². The van der Waals surface area contributed by atoms with E-state index in [2.05, 4.69) is 16.2 Å². The summed E-state index contributed by atoms with van der Waals surface area (Å²) in [6.45, 7) is 2.27. The van der Waals surface area contributed by atoms with Crippen molar-refractivity contribution in [2.24, 2.45) is 5.10 Å². The Bertz CT molecular complexity index is 1200. The van der Waals surface area contributed by atoms with E-state index in [1.807, 2.05) is 49.4 Å². The number of nitrogens with zero attached hydrogens (tertiary/aromatic N) is 3. The van der Waals surface area contributed by atoms with E-state index in [1.54, 1.807) is 18.2 Å². The molecule has 0 spiro atoms. The fourth-order valence-electron chi connectivity index (χ4n) is 4.54. The number of carbonyl (C=O) groups is 2. The second-order valence-electron chi connectivity index (χ2n) is 7.78. The Balaban J connectivity index is 1.54. The van der Waals surface area contributed by atoms with Gasteiger partial charge in [-0.2, -0.15) is 5.10 Å². The summed E-state index contributed by atoms with van der Waals surface area (Å²) in [7, 11) is 1.60. The van der Waals surface area contributed by atoms with Gasteiger partial charge in [0.2, 0.25) is 5.91 Å². The zero-order chi connectivity index (χ0) is 20.9. The number of hydrogen-bond donors (Lipinski definition) is 1. The van der Waals surface area contributed by atoms with E-state index in [9.17, 15) is 9.59 Å². The molecule has 5 rings (SSSR count). The zero-order valence-corrected chi connectivity index (χ0v) is 16.9. The summed E-state index contributed by atoms with van der Waals surface area (Å²) in [5.74, 6) is 0.381. The molecule has 0 radical (unpaired) electrons. The molecule has 2 aliphatic rings. The number of aromatic amines is 1. The van der Waals surface area contributed by atoms with Crippen LogP contribution in [-0.2, 0) is 21.5 Å². The van der Waals surface area contributed by atoms with E-state index in [4.69, 9.17) is 4.74 Å². The van der Waals surface area contributed by atoms with Crippen molar-refractivity contribution in [3.8, 4) is 5.75 Å². The molecule has 1 unspecified atom stereocenters. The van der Waals surface area contributed by atoms with Crippen LogP contribution in [-0.4, -0.2) is 53.1 Å². The summed E-state index contributed by atoms with van der Waals surface area (Å²) < 4.78 is 5.23. The minimum absolute atomic E-state index is 0.0650. The number of piperazine rings is 1. The van der Waals surface area contributed by atoms with Crippen molar-refractivity contribution in [3.63, 3.8) is 0 Å². The SMILES string of the molecule is COc1cccc(C=NN2CC(=O)N3CCc4c([nH]c5ccccc45)C3(C)C2=O)c1. The molecule has 1 fully saturated rings. The second kappa shape index (κ2) is 6.73. The van der Waals surface area contributed by atoms with Gasteiger partial charge in [0.1, 0.15) is 12.3 Å². The molecule has 3 heterocycles. The minimum atomic E-state index is -1.10. The van der Waals surface area contributed by atoms with Gasteiger partial charge in [-0.05, 0) is 42.7 Å². The number of hydrogen-bond acceptors (Lipinski definition) is 4. The van der Waals surface area contributed by atoms with Crippen LogP contribution in [0, 0.1) is 0 Å². The van der Waals surface area contributed by atoms with Crippen molar-refractivity contribution in [2.45, 2.75) is 18.9 Å². The van der Waals surface area contributed by atoms with E-state index >= 15 is 0 Å². The second-order valence-corrected chi connectivity index (χ2v) is 7.78. The van der Waals surface area contributed by atoms with Gasteiger partial charge in [-0.25, -0.2) is 5.01 Å². The van der Waals surface area contributed by atoms with E-state index in [-0.39, 0.29) is 18.4 Å². The summed E-state index contributed by atoms with van der Waals surface area (Å²) in [5.41, 5.74) is 2.55. The Hall–Kier alpha value is -3.61. The van der Waals surface area contributed by atoms with E-state index in [1.165, 1.54) is 5.01 Å². The van der Waals surface area contributed by atoms with Gasteiger partial charge in [-0.1, -0.05) is 30.3 Å². The monoisotopic (exact) mass is 402 g/mol. The number of methoxy groups -OCH3 is 1. The number of rotatable bonds is 3. The summed E-state index contributed by atoms with van der Waals surface area (Å²) in [6, 6.07) is 15.4. The molecular weight excluding hydrogens is 380 g/mol. The summed E-state index contributed by atoms with van der Waals surface area (Å²) in [5, 5.41) is 6.74. The summed E-state index contributed by atoms with van der Waals surface area (Å²) >= 11 is 0. The fraction of sp³-hybridized carbons (Fsp3) is 0.261. The lowest BCUT2D eigenvalue weighted by Crippen LogP contribution is -2.65. The van der Waals surface area contributed by atoms with Crippen molar-refractivity contribution < 1.29 is 14.3 Å². The Morgan fingerprint density at radius 2 is 2.00 bits per heavy atom. The summed E-state index contributed by atoms with van der Waals surface area (Å²) in [4.78, 5) is 31.6. The van der Waals surface area contributed by atoms with Crippen molar-refractivity contribution in [3.05, 3.63) is 65.4 Å². The van der Waals surface area contributed by atoms with Gasteiger partial charge in [0, 0.05) is 17.4 Å². The number of amides is 2. The van der Waals surface area contributed by atoms with Crippen molar-refractivity contribution >= 4 is 28.9 Å². The largest absolute Gasteiger partial charge is 0.497 e. The first-order chi connectivity index (χ1) is 14.5. The number of aromatic nitrogens is 1. The summed E-state index contributed by atoms with van der Waals surface area (Å²) in [6.07, 6.45) is 2.31. The minimum Gasteiger partial charge on any atom is -0.497 e. The zero-order valence-electron chi connectivity index (χ0n) is 16.9. The molecule has 2 aliphatic heterocycles. The molecule has 3 aromatic rings. The maximum atomic E-state index is 13.6. The normalized spacial score (nSPS) is 21.3. The molecule has 0 aliphatic carbocycles. The van der Waals surface area contributed by atoms with Gasteiger partial charge in [-0.15, -0.1) is 0 Å². The van der Waals surface area contributed by atoms with Crippen LogP contribution in [0.15, 0.2) is 53.6 Å². The molecule has 152 valence electrons. The number of para-hydroxylation sites is 1. The Morgan fingerprint density at radius 1 is 1.17 bits per heavy atom. The molecule has 1 atom stereocenters. The maximum absolute atomic E-state index is 13.6. The van der Waals surface area contributed by atoms with Gasteiger partial charge in [0.05, 0.1) is 19.0 Å². The molecular formula is C23H22N4O3. The molecule has 7 heteroatoms. The van der Waals surface area contributed by atoms with E-state index < -0.39 is 5.54 Å². The van der Waals surface area contributed by atoms with Gasteiger partial charge in [-0.3, -0.25) is 9.59 Å². The molecule has 2 amide bonds. The number of fused-ring (bicyclic) bond motifs is 5.